The Morgan fingerprint density at radius 3 is 2.47 bits per heavy atom. The summed E-state index contributed by atoms with van der Waals surface area (Å²) in [5.74, 6) is 4.01. The van der Waals surface area contributed by atoms with Gasteiger partial charge in [-0.2, -0.15) is 0 Å². The van der Waals surface area contributed by atoms with Crippen LogP contribution in [0.5, 0.6) is 5.75 Å². The minimum Gasteiger partial charge on any atom is -0.497 e. The van der Waals surface area contributed by atoms with E-state index in [2.05, 4.69) is 40.8 Å². The molecule has 1 saturated heterocycles. The van der Waals surface area contributed by atoms with Gasteiger partial charge in [-0.3, -0.25) is 4.57 Å². The van der Waals surface area contributed by atoms with Crippen molar-refractivity contribution in [1.82, 2.24) is 14.5 Å². The van der Waals surface area contributed by atoms with Crippen molar-refractivity contribution in [2.45, 2.75) is 33.2 Å². The van der Waals surface area contributed by atoms with Crippen LogP contribution in [0.25, 0.3) is 11.2 Å². The average Bonchev–Trinajstić information content (AvgIpc) is 3.08. The summed E-state index contributed by atoms with van der Waals surface area (Å²) in [6.45, 7) is 8.15. The second-order valence-electron chi connectivity index (χ2n) is 8.45. The topological polar surface area (TPSA) is 81.2 Å². The Bertz CT molecular complexity index is 973. The van der Waals surface area contributed by atoms with Crippen molar-refractivity contribution < 1.29 is 4.74 Å². The molecule has 3 aromatic rings. The molecule has 1 aliphatic heterocycles. The summed E-state index contributed by atoms with van der Waals surface area (Å²) >= 11 is 0. The maximum atomic E-state index is 5.80. The highest BCUT2D eigenvalue weighted by Crippen LogP contribution is 2.29. The fraction of sp³-hybridized carbons (Fsp3) is 0.478. The molecule has 0 saturated carbocycles. The summed E-state index contributed by atoms with van der Waals surface area (Å²) in [4.78, 5) is 12.3. The van der Waals surface area contributed by atoms with E-state index in [0.717, 1.165) is 60.4 Å². The molecule has 2 atom stereocenters. The van der Waals surface area contributed by atoms with Crippen LogP contribution >= 0.6 is 0 Å². The first-order valence-corrected chi connectivity index (χ1v) is 10.8. The van der Waals surface area contributed by atoms with Crippen molar-refractivity contribution in [2.75, 3.05) is 37.0 Å². The standard InChI is InChI=1S/C23H32N6O/c1-16-13-17(2)15-28(14-16)21-10-9-20-22(27-21)29(12-4-11-24)23(26-20)25-18-5-7-19(30-3)8-6-18/h5-10,16-17H,4,11-15,24H2,1-3H3,(H,25,26). The molecular formula is C23H32N6O. The molecule has 160 valence electrons. The molecule has 7 heteroatoms. The molecule has 3 N–H and O–H groups in total. The number of aryl methyl sites for hydroxylation is 1. The van der Waals surface area contributed by atoms with Gasteiger partial charge in [0.15, 0.2) is 5.65 Å². The summed E-state index contributed by atoms with van der Waals surface area (Å²) in [7, 11) is 1.67. The number of nitrogens with zero attached hydrogens (tertiary/aromatic N) is 4. The molecule has 1 aliphatic rings. The van der Waals surface area contributed by atoms with Crippen LogP contribution in [0.1, 0.15) is 26.7 Å². The fourth-order valence-corrected chi connectivity index (χ4v) is 4.38. The lowest BCUT2D eigenvalue weighted by Gasteiger charge is -2.35. The highest BCUT2D eigenvalue weighted by atomic mass is 16.5. The number of hydrogen-bond donors (Lipinski definition) is 2. The van der Waals surface area contributed by atoms with E-state index in [1.54, 1.807) is 7.11 Å². The molecule has 3 heterocycles. The zero-order valence-electron chi connectivity index (χ0n) is 18.1. The van der Waals surface area contributed by atoms with Gasteiger partial charge < -0.3 is 20.7 Å². The molecule has 0 bridgehead atoms. The molecule has 7 nitrogen and oxygen atoms in total. The zero-order chi connectivity index (χ0) is 21.1. The second kappa shape index (κ2) is 8.92. The molecule has 1 aromatic carbocycles. The minimum absolute atomic E-state index is 0.627. The summed E-state index contributed by atoms with van der Waals surface area (Å²) in [5, 5.41) is 3.44. The maximum Gasteiger partial charge on any atom is 0.209 e. The second-order valence-corrected chi connectivity index (χ2v) is 8.45. The van der Waals surface area contributed by atoms with Gasteiger partial charge in [0.05, 0.1) is 7.11 Å². The van der Waals surface area contributed by atoms with Crippen LogP contribution in [-0.4, -0.2) is 41.3 Å². The summed E-state index contributed by atoms with van der Waals surface area (Å²) < 4.78 is 7.40. The number of nitrogens with one attached hydrogen (secondary N) is 1. The van der Waals surface area contributed by atoms with Crippen LogP contribution in [0, 0.1) is 11.8 Å². The molecule has 2 unspecified atom stereocenters. The van der Waals surface area contributed by atoms with E-state index in [1.165, 1.54) is 6.42 Å². The third-order valence-electron chi connectivity index (χ3n) is 5.70. The SMILES string of the molecule is COc1ccc(Nc2nc3ccc(N4CC(C)CC(C)C4)nc3n2CCCN)cc1. The van der Waals surface area contributed by atoms with E-state index in [9.17, 15) is 0 Å². The number of rotatable bonds is 7. The number of pyridine rings is 1. The molecule has 0 spiro atoms. The first-order chi connectivity index (χ1) is 14.6. The predicted octanol–water partition coefficient (Wildman–Crippen LogP) is 4.01. The van der Waals surface area contributed by atoms with Crippen LogP contribution in [0.2, 0.25) is 0 Å². The summed E-state index contributed by atoms with van der Waals surface area (Å²) in [6, 6.07) is 12.0. The number of fused-ring (bicyclic) bond motifs is 1. The van der Waals surface area contributed by atoms with E-state index < -0.39 is 0 Å². The Hall–Kier alpha value is -2.80. The van der Waals surface area contributed by atoms with Crippen LogP contribution in [0.4, 0.5) is 17.5 Å². The molecule has 2 aromatic heterocycles. The third-order valence-corrected chi connectivity index (χ3v) is 5.70. The maximum absolute atomic E-state index is 5.80. The zero-order valence-corrected chi connectivity index (χ0v) is 18.1. The van der Waals surface area contributed by atoms with Gasteiger partial charge in [0.25, 0.3) is 0 Å². The van der Waals surface area contributed by atoms with Crippen molar-refractivity contribution in [3.05, 3.63) is 36.4 Å². The van der Waals surface area contributed by atoms with Crippen LogP contribution in [0.3, 0.4) is 0 Å². The Morgan fingerprint density at radius 1 is 1.07 bits per heavy atom. The number of imidazole rings is 1. The quantitative estimate of drug-likeness (QED) is 0.615. The van der Waals surface area contributed by atoms with Crippen molar-refractivity contribution in [3.8, 4) is 5.75 Å². The molecular weight excluding hydrogens is 376 g/mol. The molecule has 4 rings (SSSR count). The largest absolute Gasteiger partial charge is 0.497 e. The van der Waals surface area contributed by atoms with Gasteiger partial charge in [0, 0.05) is 25.3 Å². The Balaban J connectivity index is 1.67. The number of aromatic nitrogens is 3. The van der Waals surface area contributed by atoms with Gasteiger partial charge in [-0.05, 0) is 67.6 Å². The number of nitrogens with two attached hydrogens (primary N) is 1. The van der Waals surface area contributed by atoms with Crippen molar-refractivity contribution in [2.24, 2.45) is 17.6 Å². The number of ether oxygens (including phenoxy) is 1. The van der Waals surface area contributed by atoms with E-state index in [-0.39, 0.29) is 0 Å². The number of benzene rings is 1. The van der Waals surface area contributed by atoms with Crippen molar-refractivity contribution in [3.63, 3.8) is 0 Å². The van der Waals surface area contributed by atoms with Gasteiger partial charge in [-0.25, -0.2) is 9.97 Å². The molecule has 0 radical (unpaired) electrons. The number of piperidine rings is 1. The molecule has 1 fully saturated rings. The van der Waals surface area contributed by atoms with Crippen LogP contribution in [0.15, 0.2) is 36.4 Å². The number of methoxy groups -OCH3 is 1. The van der Waals surface area contributed by atoms with E-state index >= 15 is 0 Å². The van der Waals surface area contributed by atoms with Gasteiger partial charge >= 0.3 is 0 Å². The fourth-order valence-electron chi connectivity index (χ4n) is 4.38. The Morgan fingerprint density at radius 2 is 1.80 bits per heavy atom. The van der Waals surface area contributed by atoms with Crippen molar-refractivity contribution in [1.29, 1.82) is 0 Å². The average molecular weight is 409 g/mol. The third kappa shape index (κ3) is 4.36. The smallest absolute Gasteiger partial charge is 0.209 e. The van der Waals surface area contributed by atoms with E-state index in [4.69, 9.17) is 20.4 Å². The highest BCUT2D eigenvalue weighted by Gasteiger charge is 2.23. The lowest BCUT2D eigenvalue weighted by Crippen LogP contribution is -2.39. The van der Waals surface area contributed by atoms with Crippen LogP contribution in [-0.2, 0) is 6.54 Å². The van der Waals surface area contributed by atoms with Crippen LogP contribution < -0.4 is 20.7 Å². The van der Waals surface area contributed by atoms with Gasteiger partial charge in [-0.1, -0.05) is 13.8 Å². The number of hydrogen-bond acceptors (Lipinski definition) is 6. The summed E-state index contributed by atoms with van der Waals surface area (Å²) in [6.07, 6.45) is 2.15. The summed E-state index contributed by atoms with van der Waals surface area (Å²) in [5.41, 5.74) is 8.56. The lowest BCUT2D eigenvalue weighted by molar-refractivity contribution is 0.355. The molecule has 0 aliphatic carbocycles. The number of anilines is 3. The minimum atomic E-state index is 0.627. The predicted molar refractivity (Wildman–Crippen MR) is 123 cm³/mol. The van der Waals surface area contributed by atoms with Gasteiger partial charge in [0.2, 0.25) is 5.95 Å². The van der Waals surface area contributed by atoms with E-state index in [1.807, 2.05) is 24.3 Å². The first-order valence-electron chi connectivity index (χ1n) is 10.8. The Labute approximate surface area is 178 Å². The molecule has 30 heavy (non-hydrogen) atoms. The first kappa shape index (κ1) is 20.5. The highest BCUT2D eigenvalue weighted by molar-refractivity contribution is 5.78. The Kier molecular flexibility index (Phi) is 6.08. The van der Waals surface area contributed by atoms with Crippen molar-refractivity contribution >= 4 is 28.6 Å². The normalized spacial score (nSPS) is 19.3. The lowest BCUT2D eigenvalue weighted by atomic mass is 9.92. The van der Waals surface area contributed by atoms with Gasteiger partial charge in [-0.15, -0.1) is 0 Å². The monoisotopic (exact) mass is 408 g/mol. The van der Waals surface area contributed by atoms with E-state index in [0.29, 0.717) is 18.4 Å². The van der Waals surface area contributed by atoms with Gasteiger partial charge in [0.1, 0.15) is 17.1 Å². The molecule has 0 amide bonds.